The first-order valence-corrected chi connectivity index (χ1v) is 7.85. The molecule has 0 aromatic heterocycles. The maximum Gasteiger partial charge on any atom is 0.220 e. The average Bonchev–Trinajstić information content (AvgIpc) is 2.61. The summed E-state index contributed by atoms with van der Waals surface area (Å²) >= 11 is 0. The van der Waals surface area contributed by atoms with E-state index in [0.29, 0.717) is 24.9 Å². The van der Waals surface area contributed by atoms with Crippen LogP contribution in [0.4, 0.5) is 4.39 Å². The number of halogens is 1. The number of ether oxygens (including phenoxy) is 2. The van der Waals surface area contributed by atoms with Crippen LogP contribution in [0.1, 0.15) is 17.5 Å². The Balaban J connectivity index is 1.79. The lowest BCUT2D eigenvalue weighted by Crippen LogP contribution is -2.26. The zero-order valence-electron chi connectivity index (χ0n) is 14.0. The van der Waals surface area contributed by atoms with Crippen molar-refractivity contribution in [1.82, 2.24) is 5.32 Å². The first-order valence-electron chi connectivity index (χ1n) is 7.85. The van der Waals surface area contributed by atoms with Gasteiger partial charge in [0.1, 0.15) is 17.3 Å². The zero-order valence-corrected chi connectivity index (χ0v) is 14.0. The summed E-state index contributed by atoms with van der Waals surface area (Å²) in [6.45, 7) is 0.499. The largest absolute Gasteiger partial charge is 0.497 e. The summed E-state index contributed by atoms with van der Waals surface area (Å²) in [5.74, 6) is 1.10. The minimum Gasteiger partial charge on any atom is -0.497 e. The third-order valence-electron chi connectivity index (χ3n) is 3.79. The molecule has 2 aromatic carbocycles. The summed E-state index contributed by atoms with van der Waals surface area (Å²) < 4.78 is 24.0. The van der Waals surface area contributed by atoms with Gasteiger partial charge in [-0.15, -0.1) is 0 Å². The lowest BCUT2D eigenvalue weighted by molar-refractivity contribution is -0.121. The molecule has 0 heterocycles. The van der Waals surface area contributed by atoms with Gasteiger partial charge in [0.25, 0.3) is 0 Å². The quantitative estimate of drug-likeness (QED) is 0.808. The molecular weight excluding hydrogens is 309 g/mol. The second-order valence-corrected chi connectivity index (χ2v) is 5.37. The molecule has 0 spiro atoms. The standard InChI is InChI=1S/C19H22FNO3/c1-23-16-9-7-15(18(13-16)24-2)11-12-21-19(22)10-8-14-5-3-4-6-17(14)20/h3-7,9,13H,8,10-12H2,1-2H3,(H,21,22). The summed E-state index contributed by atoms with van der Waals surface area (Å²) in [5.41, 5.74) is 1.55. The van der Waals surface area contributed by atoms with E-state index in [0.717, 1.165) is 17.1 Å². The third-order valence-corrected chi connectivity index (χ3v) is 3.79. The molecule has 1 amide bonds. The highest BCUT2D eigenvalue weighted by atomic mass is 19.1. The number of carbonyl (C=O) groups excluding carboxylic acids is 1. The molecule has 0 saturated carbocycles. The van der Waals surface area contributed by atoms with Crippen LogP contribution < -0.4 is 14.8 Å². The number of hydrogen-bond donors (Lipinski definition) is 1. The molecule has 5 heteroatoms. The highest BCUT2D eigenvalue weighted by Gasteiger charge is 2.08. The fourth-order valence-corrected chi connectivity index (χ4v) is 2.43. The Morgan fingerprint density at radius 2 is 1.83 bits per heavy atom. The molecule has 0 radical (unpaired) electrons. The van der Waals surface area contributed by atoms with Crippen LogP contribution in [0.15, 0.2) is 42.5 Å². The van der Waals surface area contributed by atoms with E-state index in [1.165, 1.54) is 6.07 Å². The Labute approximate surface area is 141 Å². The number of rotatable bonds is 8. The zero-order chi connectivity index (χ0) is 17.4. The van der Waals surface area contributed by atoms with Crippen LogP contribution in [0.25, 0.3) is 0 Å². The van der Waals surface area contributed by atoms with Crippen LogP contribution >= 0.6 is 0 Å². The Morgan fingerprint density at radius 1 is 1.04 bits per heavy atom. The Hall–Kier alpha value is -2.56. The second kappa shape index (κ2) is 8.91. The van der Waals surface area contributed by atoms with Crippen molar-refractivity contribution >= 4 is 5.91 Å². The molecule has 0 aliphatic heterocycles. The fraction of sp³-hybridized carbons (Fsp3) is 0.316. The highest BCUT2D eigenvalue weighted by Crippen LogP contribution is 2.24. The molecule has 4 nitrogen and oxygen atoms in total. The molecule has 2 aromatic rings. The lowest BCUT2D eigenvalue weighted by atomic mass is 10.1. The van der Waals surface area contributed by atoms with Crippen molar-refractivity contribution in [2.24, 2.45) is 0 Å². The van der Waals surface area contributed by atoms with Gasteiger partial charge in [0, 0.05) is 19.0 Å². The van der Waals surface area contributed by atoms with Gasteiger partial charge >= 0.3 is 0 Å². The van der Waals surface area contributed by atoms with E-state index in [4.69, 9.17) is 9.47 Å². The first kappa shape index (κ1) is 17.8. The number of aryl methyl sites for hydroxylation is 1. The van der Waals surface area contributed by atoms with Gasteiger partial charge in [-0.3, -0.25) is 4.79 Å². The normalized spacial score (nSPS) is 10.3. The van der Waals surface area contributed by atoms with Crippen LogP contribution in [0, 0.1) is 5.82 Å². The number of nitrogens with one attached hydrogen (secondary N) is 1. The monoisotopic (exact) mass is 331 g/mol. The minimum absolute atomic E-state index is 0.0919. The van der Waals surface area contributed by atoms with Gasteiger partial charge in [-0.1, -0.05) is 24.3 Å². The molecule has 0 unspecified atom stereocenters. The molecule has 0 bridgehead atoms. The molecule has 24 heavy (non-hydrogen) atoms. The van der Waals surface area contributed by atoms with E-state index in [-0.39, 0.29) is 18.1 Å². The van der Waals surface area contributed by atoms with E-state index in [1.54, 1.807) is 32.4 Å². The maximum absolute atomic E-state index is 13.5. The molecule has 0 aliphatic rings. The Bertz CT molecular complexity index is 688. The van der Waals surface area contributed by atoms with Gasteiger partial charge in [-0.05, 0) is 36.1 Å². The second-order valence-electron chi connectivity index (χ2n) is 5.37. The third kappa shape index (κ3) is 4.98. The van der Waals surface area contributed by atoms with E-state index < -0.39 is 0 Å². The van der Waals surface area contributed by atoms with E-state index in [9.17, 15) is 9.18 Å². The fourth-order valence-electron chi connectivity index (χ4n) is 2.43. The summed E-state index contributed by atoms with van der Waals surface area (Å²) in [5, 5.41) is 2.85. The summed E-state index contributed by atoms with van der Waals surface area (Å²) in [6, 6.07) is 12.1. The van der Waals surface area contributed by atoms with Gasteiger partial charge in [0.05, 0.1) is 14.2 Å². The topological polar surface area (TPSA) is 47.6 Å². The van der Waals surface area contributed by atoms with E-state index >= 15 is 0 Å². The van der Waals surface area contributed by atoms with Crippen molar-refractivity contribution in [2.45, 2.75) is 19.3 Å². The molecule has 1 N–H and O–H groups in total. The molecule has 0 atom stereocenters. The number of methoxy groups -OCH3 is 2. The molecule has 0 fully saturated rings. The van der Waals surface area contributed by atoms with Crippen LogP contribution in [0.3, 0.4) is 0 Å². The van der Waals surface area contributed by atoms with Crippen LogP contribution in [0.2, 0.25) is 0 Å². The summed E-state index contributed by atoms with van der Waals surface area (Å²) in [7, 11) is 3.20. The molecular formula is C19H22FNO3. The van der Waals surface area contributed by atoms with Crippen molar-refractivity contribution in [3.8, 4) is 11.5 Å². The Kier molecular flexibility index (Phi) is 6.61. The van der Waals surface area contributed by atoms with Crippen molar-refractivity contribution < 1.29 is 18.7 Å². The molecule has 0 aliphatic carbocycles. The average molecular weight is 331 g/mol. The summed E-state index contributed by atoms with van der Waals surface area (Å²) in [4.78, 5) is 11.9. The van der Waals surface area contributed by atoms with E-state index in [2.05, 4.69) is 5.32 Å². The van der Waals surface area contributed by atoms with Crippen molar-refractivity contribution in [3.63, 3.8) is 0 Å². The molecule has 2 rings (SSSR count). The van der Waals surface area contributed by atoms with Crippen molar-refractivity contribution in [3.05, 3.63) is 59.4 Å². The van der Waals surface area contributed by atoms with Crippen LogP contribution in [0.5, 0.6) is 11.5 Å². The summed E-state index contributed by atoms with van der Waals surface area (Å²) in [6.07, 6.45) is 1.31. The predicted molar refractivity (Wildman–Crippen MR) is 91.0 cm³/mol. The first-order chi connectivity index (χ1) is 11.6. The van der Waals surface area contributed by atoms with Crippen molar-refractivity contribution in [2.75, 3.05) is 20.8 Å². The number of carbonyl (C=O) groups is 1. The smallest absolute Gasteiger partial charge is 0.220 e. The van der Waals surface area contributed by atoms with Gasteiger partial charge in [0.2, 0.25) is 5.91 Å². The SMILES string of the molecule is COc1ccc(CCNC(=O)CCc2ccccc2F)c(OC)c1. The molecule has 0 saturated heterocycles. The maximum atomic E-state index is 13.5. The predicted octanol–water partition coefficient (Wildman–Crippen LogP) is 3.13. The number of hydrogen-bond acceptors (Lipinski definition) is 3. The van der Waals surface area contributed by atoms with Crippen molar-refractivity contribution in [1.29, 1.82) is 0 Å². The lowest BCUT2D eigenvalue weighted by Gasteiger charge is -2.11. The highest BCUT2D eigenvalue weighted by molar-refractivity contribution is 5.76. The Morgan fingerprint density at radius 3 is 2.54 bits per heavy atom. The van der Waals surface area contributed by atoms with Crippen LogP contribution in [-0.2, 0) is 17.6 Å². The minimum atomic E-state index is -0.270. The number of amides is 1. The van der Waals surface area contributed by atoms with Gasteiger partial charge in [-0.25, -0.2) is 4.39 Å². The molecule has 128 valence electrons. The van der Waals surface area contributed by atoms with E-state index in [1.807, 2.05) is 18.2 Å². The van der Waals surface area contributed by atoms with Crippen LogP contribution in [-0.4, -0.2) is 26.7 Å². The number of benzene rings is 2. The van der Waals surface area contributed by atoms with Gasteiger partial charge in [-0.2, -0.15) is 0 Å². The van der Waals surface area contributed by atoms with Gasteiger partial charge < -0.3 is 14.8 Å². The van der Waals surface area contributed by atoms with Gasteiger partial charge in [0.15, 0.2) is 0 Å².